The van der Waals surface area contributed by atoms with E-state index in [2.05, 4.69) is 46.4 Å². The molecule has 0 amide bonds. The van der Waals surface area contributed by atoms with Gasteiger partial charge in [0.05, 0.1) is 10.7 Å². The van der Waals surface area contributed by atoms with Crippen LogP contribution in [0.1, 0.15) is 18.2 Å². The molecule has 1 N–H and O–H groups in total. The summed E-state index contributed by atoms with van der Waals surface area (Å²) in [6.07, 6.45) is 0. The molecule has 0 bridgehead atoms. The first-order chi connectivity index (χ1) is 9.70. The van der Waals surface area contributed by atoms with E-state index < -0.39 is 0 Å². The van der Waals surface area contributed by atoms with Gasteiger partial charge in [-0.2, -0.15) is 0 Å². The highest BCUT2D eigenvalue weighted by molar-refractivity contribution is 6.31. The van der Waals surface area contributed by atoms with E-state index in [0.29, 0.717) is 11.6 Å². The Kier molecular flexibility index (Phi) is 5.39. The Bertz CT molecular complexity index is 543. The fourth-order valence-corrected chi connectivity index (χ4v) is 2.16. The average molecular weight is 290 g/mol. The summed E-state index contributed by atoms with van der Waals surface area (Å²) in [6, 6.07) is 14.2. The molecule has 0 aliphatic rings. The third-order valence-corrected chi connectivity index (χ3v) is 3.44. The lowest BCUT2D eigenvalue weighted by Crippen LogP contribution is -2.19. The van der Waals surface area contributed by atoms with Crippen LogP contribution in [0.25, 0.3) is 0 Å². The van der Waals surface area contributed by atoms with Crippen molar-refractivity contribution >= 4 is 17.4 Å². The molecular weight excluding hydrogens is 270 g/mol. The highest BCUT2D eigenvalue weighted by Gasteiger charge is 2.07. The van der Waals surface area contributed by atoms with Crippen LogP contribution >= 0.6 is 11.6 Å². The summed E-state index contributed by atoms with van der Waals surface area (Å²) in [4.78, 5) is 6.76. The number of anilines is 1. The molecule has 0 fully saturated rings. The van der Waals surface area contributed by atoms with Gasteiger partial charge in [0.15, 0.2) is 0 Å². The van der Waals surface area contributed by atoms with Crippen molar-refractivity contribution in [1.29, 1.82) is 0 Å². The maximum atomic E-state index is 6.18. The molecule has 2 rings (SSSR count). The molecule has 1 aromatic carbocycles. The van der Waals surface area contributed by atoms with Gasteiger partial charge in [0.25, 0.3) is 0 Å². The van der Waals surface area contributed by atoms with Gasteiger partial charge in [-0.3, -0.25) is 0 Å². The van der Waals surface area contributed by atoms with Crippen molar-refractivity contribution in [2.75, 3.05) is 18.5 Å². The Morgan fingerprint density at radius 1 is 1.15 bits per heavy atom. The van der Waals surface area contributed by atoms with Crippen LogP contribution in [-0.4, -0.2) is 18.6 Å². The van der Waals surface area contributed by atoms with Crippen molar-refractivity contribution < 1.29 is 0 Å². The molecule has 0 saturated carbocycles. The van der Waals surface area contributed by atoms with Crippen molar-refractivity contribution in [1.82, 2.24) is 10.3 Å². The van der Waals surface area contributed by atoms with Crippen molar-refractivity contribution in [3.8, 4) is 0 Å². The van der Waals surface area contributed by atoms with Crippen LogP contribution in [-0.2, 0) is 13.1 Å². The Morgan fingerprint density at radius 2 is 1.90 bits per heavy atom. The van der Waals surface area contributed by atoms with E-state index in [1.165, 1.54) is 5.56 Å². The third kappa shape index (κ3) is 3.95. The largest absolute Gasteiger partial charge is 0.355 e. The van der Waals surface area contributed by atoms with Crippen LogP contribution in [0.15, 0.2) is 42.5 Å². The van der Waals surface area contributed by atoms with E-state index in [1.54, 1.807) is 0 Å². The maximum Gasteiger partial charge on any atom is 0.129 e. The van der Waals surface area contributed by atoms with Crippen LogP contribution in [0.5, 0.6) is 0 Å². The Labute approximate surface area is 125 Å². The molecule has 0 spiro atoms. The molecule has 0 radical (unpaired) electrons. The van der Waals surface area contributed by atoms with Crippen LogP contribution in [0.3, 0.4) is 0 Å². The molecule has 20 heavy (non-hydrogen) atoms. The molecule has 0 aliphatic heterocycles. The molecule has 1 heterocycles. The van der Waals surface area contributed by atoms with Gasteiger partial charge in [-0.25, -0.2) is 4.98 Å². The second-order valence-corrected chi connectivity index (χ2v) is 5.13. The number of benzene rings is 1. The fourth-order valence-electron chi connectivity index (χ4n) is 1.99. The normalized spacial score (nSPS) is 10.6. The Hall–Kier alpha value is -1.58. The maximum absolute atomic E-state index is 6.18. The lowest BCUT2D eigenvalue weighted by atomic mass is 10.2. The zero-order valence-corrected chi connectivity index (χ0v) is 12.7. The van der Waals surface area contributed by atoms with Crippen molar-refractivity contribution in [3.63, 3.8) is 0 Å². The minimum Gasteiger partial charge on any atom is -0.355 e. The number of pyridine rings is 1. The van der Waals surface area contributed by atoms with E-state index in [1.807, 2.05) is 25.2 Å². The SMILES string of the molecule is CCNCc1nc(N(C)Cc2ccccc2)ccc1Cl. The number of rotatable bonds is 6. The molecular formula is C16H20ClN3. The van der Waals surface area contributed by atoms with Gasteiger partial charge in [-0.1, -0.05) is 48.9 Å². The van der Waals surface area contributed by atoms with Gasteiger partial charge in [0.2, 0.25) is 0 Å². The van der Waals surface area contributed by atoms with Crippen molar-refractivity contribution in [3.05, 3.63) is 58.7 Å². The number of aromatic nitrogens is 1. The highest BCUT2D eigenvalue weighted by atomic mass is 35.5. The smallest absolute Gasteiger partial charge is 0.129 e. The standard InChI is InChI=1S/C16H20ClN3/c1-3-18-11-15-14(17)9-10-16(19-15)20(2)12-13-7-5-4-6-8-13/h4-10,18H,3,11-12H2,1-2H3. The number of hydrogen-bond acceptors (Lipinski definition) is 3. The predicted octanol–water partition coefficient (Wildman–Crippen LogP) is 3.48. The molecule has 4 heteroatoms. The molecule has 3 nitrogen and oxygen atoms in total. The first kappa shape index (κ1) is 14.8. The van der Waals surface area contributed by atoms with Crippen LogP contribution in [0.4, 0.5) is 5.82 Å². The third-order valence-electron chi connectivity index (χ3n) is 3.10. The van der Waals surface area contributed by atoms with Crippen molar-refractivity contribution in [2.45, 2.75) is 20.0 Å². The molecule has 0 unspecified atom stereocenters. The highest BCUT2D eigenvalue weighted by Crippen LogP contribution is 2.19. The average Bonchev–Trinajstić information content (AvgIpc) is 2.47. The monoisotopic (exact) mass is 289 g/mol. The lowest BCUT2D eigenvalue weighted by Gasteiger charge is -2.19. The van der Waals surface area contributed by atoms with Crippen LogP contribution < -0.4 is 10.2 Å². The number of halogens is 1. The predicted molar refractivity (Wildman–Crippen MR) is 85.2 cm³/mol. The van der Waals surface area contributed by atoms with Gasteiger partial charge in [-0.15, -0.1) is 0 Å². The molecule has 0 atom stereocenters. The van der Waals surface area contributed by atoms with Gasteiger partial charge in [0.1, 0.15) is 5.82 Å². The van der Waals surface area contributed by atoms with E-state index in [-0.39, 0.29) is 0 Å². The van der Waals surface area contributed by atoms with E-state index in [0.717, 1.165) is 24.6 Å². The van der Waals surface area contributed by atoms with Crippen LogP contribution in [0, 0.1) is 0 Å². The van der Waals surface area contributed by atoms with Gasteiger partial charge in [-0.05, 0) is 24.2 Å². The Balaban J connectivity index is 2.11. The zero-order valence-electron chi connectivity index (χ0n) is 11.9. The zero-order chi connectivity index (χ0) is 14.4. The quantitative estimate of drug-likeness (QED) is 0.882. The summed E-state index contributed by atoms with van der Waals surface area (Å²) < 4.78 is 0. The van der Waals surface area contributed by atoms with Crippen LogP contribution in [0.2, 0.25) is 5.02 Å². The second kappa shape index (κ2) is 7.27. The summed E-state index contributed by atoms with van der Waals surface area (Å²) >= 11 is 6.18. The van der Waals surface area contributed by atoms with E-state index in [9.17, 15) is 0 Å². The topological polar surface area (TPSA) is 28.2 Å². The number of nitrogens with zero attached hydrogens (tertiary/aromatic N) is 2. The number of nitrogens with one attached hydrogen (secondary N) is 1. The summed E-state index contributed by atoms with van der Waals surface area (Å²) in [5.41, 5.74) is 2.16. The molecule has 0 saturated heterocycles. The summed E-state index contributed by atoms with van der Waals surface area (Å²) in [5.74, 6) is 0.936. The van der Waals surface area contributed by atoms with Crippen molar-refractivity contribution in [2.24, 2.45) is 0 Å². The summed E-state index contributed by atoms with van der Waals surface area (Å²) in [5, 5.41) is 3.97. The summed E-state index contributed by atoms with van der Waals surface area (Å²) in [7, 11) is 2.04. The fraction of sp³-hybridized carbons (Fsp3) is 0.312. The molecule has 2 aromatic rings. The molecule has 0 aliphatic carbocycles. The van der Waals surface area contributed by atoms with Gasteiger partial charge in [0, 0.05) is 20.1 Å². The minimum absolute atomic E-state index is 0.697. The first-order valence-electron chi connectivity index (χ1n) is 6.82. The first-order valence-corrected chi connectivity index (χ1v) is 7.19. The Morgan fingerprint density at radius 3 is 2.60 bits per heavy atom. The van der Waals surface area contributed by atoms with E-state index >= 15 is 0 Å². The van der Waals surface area contributed by atoms with Gasteiger partial charge >= 0.3 is 0 Å². The minimum atomic E-state index is 0.697. The molecule has 106 valence electrons. The van der Waals surface area contributed by atoms with E-state index in [4.69, 9.17) is 11.6 Å². The summed E-state index contributed by atoms with van der Waals surface area (Å²) in [6.45, 7) is 4.50. The number of hydrogen-bond donors (Lipinski definition) is 1. The van der Waals surface area contributed by atoms with Gasteiger partial charge < -0.3 is 10.2 Å². The lowest BCUT2D eigenvalue weighted by molar-refractivity contribution is 0.708. The molecule has 1 aromatic heterocycles. The second-order valence-electron chi connectivity index (χ2n) is 4.72.